The maximum absolute atomic E-state index is 12.8. The number of halogens is 5. The van der Waals surface area contributed by atoms with Crippen molar-refractivity contribution in [3.05, 3.63) is 28.5 Å². The van der Waals surface area contributed by atoms with E-state index in [0.29, 0.717) is 4.47 Å². The molecular weight excluding hydrogens is 306 g/mol. The van der Waals surface area contributed by atoms with Crippen LogP contribution < -0.4 is 56.1 Å². The van der Waals surface area contributed by atoms with E-state index >= 15 is 0 Å². The average Bonchev–Trinajstić information content (AvgIpc) is 2.05. The first-order chi connectivity index (χ1) is 6.38. The van der Waals surface area contributed by atoms with E-state index in [2.05, 4.69) is 20.7 Å². The fraction of sp³-hybridized carbons (Fsp3) is 0.143. The van der Waals surface area contributed by atoms with Gasteiger partial charge in [-0.3, -0.25) is 0 Å². The first-order valence-electron chi connectivity index (χ1n) is 3.67. The minimum Gasteiger partial charge on any atom is -0.519 e. The van der Waals surface area contributed by atoms with Crippen LogP contribution in [-0.4, -0.2) is 13.5 Å². The summed E-state index contributed by atoms with van der Waals surface area (Å²) in [4.78, 5) is 0. The summed E-state index contributed by atoms with van der Waals surface area (Å²) >= 11 is 2.99. The van der Waals surface area contributed by atoms with Crippen LogP contribution in [0, 0.1) is 5.82 Å². The zero-order valence-electron chi connectivity index (χ0n) is 7.81. The van der Waals surface area contributed by atoms with E-state index in [1.807, 2.05) is 0 Å². The molecule has 0 aliphatic carbocycles. The summed E-state index contributed by atoms with van der Waals surface area (Å²) in [5.41, 5.74) is 0. The van der Waals surface area contributed by atoms with E-state index in [-0.39, 0.29) is 51.4 Å². The van der Waals surface area contributed by atoms with E-state index in [1.165, 1.54) is 6.07 Å². The van der Waals surface area contributed by atoms with Crippen molar-refractivity contribution < 1.29 is 73.5 Å². The number of hydrogen-bond acceptors (Lipinski definition) is 1. The normalized spacial score (nSPS) is 10.7. The maximum atomic E-state index is 12.8. The second kappa shape index (κ2) is 6.61. The molecule has 0 aliphatic rings. The fourth-order valence-electron chi connectivity index (χ4n) is 0.772. The van der Waals surface area contributed by atoms with Gasteiger partial charge in [0.2, 0.25) is 0 Å². The Hall–Kier alpha value is 0.921. The van der Waals surface area contributed by atoms with Crippen molar-refractivity contribution in [2.24, 2.45) is 0 Å². The SMILES string of the molecule is Fc1ccc(Br)cc1OC[B-](F)(F)F.[K+]. The van der Waals surface area contributed by atoms with E-state index in [0.717, 1.165) is 12.1 Å². The Balaban J connectivity index is 0.00000196. The Bertz CT molecular complexity index is 333. The first-order valence-corrected chi connectivity index (χ1v) is 4.46. The summed E-state index contributed by atoms with van der Waals surface area (Å²) in [6.07, 6.45) is 0. The Morgan fingerprint density at radius 2 is 1.87 bits per heavy atom. The molecule has 0 saturated heterocycles. The van der Waals surface area contributed by atoms with E-state index in [9.17, 15) is 17.3 Å². The van der Waals surface area contributed by atoms with Gasteiger partial charge in [0.1, 0.15) is 0 Å². The standard InChI is InChI=1S/C7H5BBrF4O.K/c9-5-1-2-6(10)7(3-5)14-4-8(11,12)13;/h1-3H,4H2;/q-1;+1. The van der Waals surface area contributed by atoms with Crippen molar-refractivity contribution in [3.63, 3.8) is 0 Å². The minimum absolute atomic E-state index is 0. The number of rotatable bonds is 3. The molecule has 0 fully saturated rings. The number of ether oxygens (including phenoxy) is 1. The molecular formula is C7H5BBrF4KO. The van der Waals surface area contributed by atoms with Gasteiger partial charge in [0.05, 0.1) is 6.51 Å². The summed E-state index contributed by atoms with van der Waals surface area (Å²) in [6, 6.07) is 3.56. The topological polar surface area (TPSA) is 9.23 Å². The molecule has 0 aromatic heterocycles. The minimum atomic E-state index is -5.06. The molecule has 0 radical (unpaired) electrons. The fourth-order valence-corrected chi connectivity index (χ4v) is 1.11. The van der Waals surface area contributed by atoms with Gasteiger partial charge >= 0.3 is 58.4 Å². The van der Waals surface area contributed by atoms with E-state index < -0.39 is 25.1 Å². The Morgan fingerprint density at radius 3 is 2.40 bits per heavy atom. The summed E-state index contributed by atoms with van der Waals surface area (Å²) in [5, 5.41) is 0. The molecule has 0 aliphatic heterocycles. The van der Waals surface area contributed by atoms with Gasteiger partial charge in [-0.1, -0.05) is 15.9 Å². The predicted molar refractivity (Wildman–Crippen MR) is 48.7 cm³/mol. The molecule has 15 heavy (non-hydrogen) atoms. The zero-order valence-corrected chi connectivity index (χ0v) is 12.5. The van der Waals surface area contributed by atoms with Crippen LogP contribution in [0.25, 0.3) is 0 Å². The maximum Gasteiger partial charge on any atom is 1.00 e. The van der Waals surface area contributed by atoms with Gasteiger partial charge < -0.3 is 17.7 Å². The molecule has 0 saturated carbocycles. The van der Waals surface area contributed by atoms with Gasteiger partial charge in [0, 0.05) is 4.47 Å². The van der Waals surface area contributed by atoms with Crippen molar-refractivity contribution in [1.82, 2.24) is 0 Å². The zero-order chi connectivity index (χ0) is 10.8. The molecule has 8 heteroatoms. The second-order valence-corrected chi connectivity index (χ2v) is 3.51. The summed E-state index contributed by atoms with van der Waals surface area (Å²) in [5.74, 6) is -1.22. The van der Waals surface area contributed by atoms with Gasteiger partial charge in [-0.25, -0.2) is 4.39 Å². The Kier molecular flexibility index (Phi) is 7.01. The quantitative estimate of drug-likeness (QED) is 0.578. The molecule has 0 bridgehead atoms. The third-order valence-corrected chi connectivity index (χ3v) is 1.81. The van der Waals surface area contributed by atoms with Crippen LogP contribution in [0.3, 0.4) is 0 Å². The Morgan fingerprint density at radius 1 is 1.27 bits per heavy atom. The van der Waals surface area contributed by atoms with Gasteiger partial charge in [-0.2, -0.15) is 0 Å². The van der Waals surface area contributed by atoms with Crippen LogP contribution in [0.1, 0.15) is 0 Å². The van der Waals surface area contributed by atoms with Crippen molar-refractivity contribution >= 4 is 22.9 Å². The molecule has 0 amide bonds. The Labute approximate surface area is 135 Å². The molecule has 0 heterocycles. The second-order valence-electron chi connectivity index (χ2n) is 2.60. The molecule has 1 aromatic rings. The van der Waals surface area contributed by atoms with Crippen LogP contribution in [0.2, 0.25) is 0 Å². The van der Waals surface area contributed by atoms with Crippen molar-refractivity contribution in [2.45, 2.75) is 0 Å². The van der Waals surface area contributed by atoms with Crippen molar-refractivity contribution in [3.8, 4) is 5.75 Å². The summed E-state index contributed by atoms with van der Waals surface area (Å²) in [7, 11) is 0. The molecule has 78 valence electrons. The number of hydrogen-bond donors (Lipinski definition) is 0. The monoisotopic (exact) mass is 310 g/mol. The van der Waals surface area contributed by atoms with Gasteiger partial charge in [-0.05, 0) is 18.2 Å². The molecule has 1 nitrogen and oxygen atoms in total. The predicted octanol–water partition coefficient (Wildman–Crippen LogP) is 0.358. The van der Waals surface area contributed by atoms with Gasteiger partial charge in [0.25, 0.3) is 0 Å². The third kappa shape index (κ3) is 6.28. The third-order valence-electron chi connectivity index (χ3n) is 1.32. The molecule has 1 aromatic carbocycles. The molecule has 0 spiro atoms. The van der Waals surface area contributed by atoms with E-state index in [1.54, 1.807) is 0 Å². The van der Waals surface area contributed by atoms with Crippen LogP contribution in [-0.2, 0) is 0 Å². The van der Waals surface area contributed by atoms with Crippen LogP contribution in [0.4, 0.5) is 17.3 Å². The van der Waals surface area contributed by atoms with Crippen molar-refractivity contribution in [1.29, 1.82) is 0 Å². The molecule has 1 rings (SSSR count). The summed E-state index contributed by atoms with van der Waals surface area (Å²) in [6.45, 7) is -6.50. The largest absolute Gasteiger partial charge is 1.00 e. The summed E-state index contributed by atoms with van der Waals surface area (Å²) < 4.78 is 52.9. The van der Waals surface area contributed by atoms with E-state index in [4.69, 9.17) is 0 Å². The molecule has 0 N–H and O–H groups in total. The van der Waals surface area contributed by atoms with Gasteiger partial charge in [-0.15, -0.1) is 0 Å². The van der Waals surface area contributed by atoms with Gasteiger partial charge in [0.15, 0.2) is 11.6 Å². The van der Waals surface area contributed by atoms with Crippen LogP contribution in [0.15, 0.2) is 22.7 Å². The van der Waals surface area contributed by atoms with Crippen LogP contribution >= 0.6 is 15.9 Å². The number of benzene rings is 1. The first kappa shape index (κ1) is 15.9. The molecule has 0 atom stereocenters. The van der Waals surface area contributed by atoms with Crippen LogP contribution in [0.5, 0.6) is 5.75 Å². The average molecular weight is 311 g/mol. The smallest absolute Gasteiger partial charge is 0.519 e. The van der Waals surface area contributed by atoms with Crippen molar-refractivity contribution in [2.75, 3.05) is 6.51 Å². The molecule has 0 unspecified atom stereocenters.